The highest BCUT2D eigenvalue weighted by Crippen LogP contribution is 2.18. The molecule has 2 nitrogen and oxygen atoms in total. The molecule has 0 saturated carbocycles. The van der Waals surface area contributed by atoms with Gasteiger partial charge in [-0.1, -0.05) is 11.6 Å². The van der Waals surface area contributed by atoms with Crippen LogP contribution in [0.5, 0.6) is 0 Å². The predicted molar refractivity (Wildman–Crippen MR) is 47.9 cm³/mol. The summed E-state index contributed by atoms with van der Waals surface area (Å²) in [7, 11) is 0. The Morgan fingerprint density at radius 1 is 1.55 bits per heavy atom. The number of rotatable bonds is 0. The van der Waals surface area contributed by atoms with Crippen LogP contribution in [-0.2, 0) is 0 Å². The van der Waals surface area contributed by atoms with Gasteiger partial charge in [0.25, 0.3) is 0 Å². The van der Waals surface area contributed by atoms with Crippen molar-refractivity contribution in [3.05, 3.63) is 34.2 Å². The van der Waals surface area contributed by atoms with Crippen molar-refractivity contribution in [2.75, 3.05) is 0 Å². The van der Waals surface area contributed by atoms with Gasteiger partial charge in [0.2, 0.25) is 0 Å². The minimum Gasteiger partial charge on any atom is -0.305 e. The molecule has 0 amide bonds. The van der Waals surface area contributed by atoms with Crippen molar-refractivity contribution < 1.29 is 0 Å². The zero-order valence-corrected chi connectivity index (χ0v) is 7.80. The van der Waals surface area contributed by atoms with Crippen LogP contribution in [0.15, 0.2) is 29.0 Å². The maximum atomic E-state index is 5.70. The number of halogens is 2. The van der Waals surface area contributed by atoms with Gasteiger partial charge < -0.3 is 4.40 Å². The number of fused-ring (bicyclic) bond motifs is 1. The van der Waals surface area contributed by atoms with Crippen LogP contribution in [0.4, 0.5) is 0 Å². The average Bonchev–Trinajstić information content (AvgIpc) is 2.31. The Balaban J connectivity index is 2.90. The largest absolute Gasteiger partial charge is 0.305 e. The van der Waals surface area contributed by atoms with Crippen LogP contribution in [0.1, 0.15) is 0 Å². The van der Waals surface area contributed by atoms with Crippen molar-refractivity contribution in [2.24, 2.45) is 0 Å². The molecule has 0 aliphatic carbocycles. The molecule has 11 heavy (non-hydrogen) atoms. The third-order valence-corrected chi connectivity index (χ3v) is 2.21. The smallest absolute Gasteiger partial charge is 0.152 e. The summed E-state index contributed by atoms with van der Waals surface area (Å²) in [4.78, 5) is 4.09. The first-order valence-electron chi connectivity index (χ1n) is 3.06. The Morgan fingerprint density at radius 3 is 3.09 bits per heavy atom. The fraction of sp³-hybridized carbons (Fsp3) is 0. The lowest BCUT2D eigenvalue weighted by molar-refractivity contribution is 1.18. The Bertz CT molecular complexity index is 396. The van der Waals surface area contributed by atoms with Gasteiger partial charge in [-0.05, 0) is 28.1 Å². The quantitative estimate of drug-likeness (QED) is 0.681. The SMILES string of the molecule is Clc1cn2cccc(Br)c2n1. The summed E-state index contributed by atoms with van der Waals surface area (Å²) in [5, 5.41) is 0.511. The molecule has 56 valence electrons. The molecule has 0 radical (unpaired) electrons. The van der Waals surface area contributed by atoms with Crippen molar-refractivity contribution in [2.45, 2.75) is 0 Å². The van der Waals surface area contributed by atoms with E-state index in [1.54, 1.807) is 6.20 Å². The van der Waals surface area contributed by atoms with Gasteiger partial charge >= 0.3 is 0 Å². The highest BCUT2D eigenvalue weighted by molar-refractivity contribution is 9.10. The van der Waals surface area contributed by atoms with Gasteiger partial charge in [-0.3, -0.25) is 0 Å². The molecule has 2 rings (SSSR count). The van der Waals surface area contributed by atoms with Crippen LogP contribution < -0.4 is 0 Å². The lowest BCUT2D eigenvalue weighted by Gasteiger charge is -1.92. The van der Waals surface area contributed by atoms with Gasteiger partial charge in [0.1, 0.15) is 5.15 Å². The number of aromatic nitrogens is 2. The van der Waals surface area contributed by atoms with Gasteiger partial charge in [0.15, 0.2) is 5.65 Å². The lowest BCUT2D eigenvalue weighted by atomic mass is 10.5. The first-order chi connectivity index (χ1) is 5.27. The molecule has 4 heteroatoms. The molecule has 0 bridgehead atoms. The van der Waals surface area contributed by atoms with Crippen LogP contribution in [0.25, 0.3) is 5.65 Å². The summed E-state index contributed by atoms with van der Waals surface area (Å²) in [6, 6.07) is 3.85. The van der Waals surface area contributed by atoms with E-state index in [1.165, 1.54) is 0 Å². The number of pyridine rings is 1. The summed E-state index contributed by atoms with van der Waals surface area (Å²) in [5.74, 6) is 0. The number of hydrogen-bond donors (Lipinski definition) is 0. The van der Waals surface area contributed by atoms with Crippen LogP contribution >= 0.6 is 27.5 Å². The highest BCUT2D eigenvalue weighted by Gasteiger charge is 2.00. The molecule has 0 atom stereocenters. The molecule has 0 N–H and O–H groups in total. The van der Waals surface area contributed by atoms with Gasteiger partial charge in [-0.2, -0.15) is 0 Å². The maximum absolute atomic E-state index is 5.70. The maximum Gasteiger partial charge on any atom is 0.152 e. The van der Waals surface area contributed by atoms with E-state index in [2.05, 4.69) is 20.9 Å². The summed E-state index contributed by atoms with van der Waals surface area (Å²) < 4.78 is 2.82. The van der Waals surface area contributed by atoms with E-state index in [1.807, 2.05) is 22.7 Å². The summed E-state index contributed by atoms with van der Waals surface area (Å²) in [6.07, 6.45) is 3.67. The molecule has 0 aromatic carbocycles. The second-order valence-electron chi connectivity index (χ2n) is 2.15. The molecule has 0 spiro atoms. The van der Waals surface area contributed by atoms with Crippen LogP contribution in [0.2, 0.25) is 5.15 Å². The van der Waals surface area contributed by atoms with Crippen LogP contribution in [0, 0.1) is 0 Å². The molecule has 0 aliphatic heterocycles. The average molecular weight is 231 g/mol. The van der Waals surface area contributed by atoms with E-state index >= 15 is 0 Å². The van der Waals surface area contributed by atoms with E-state index in [4.69, 9.17) is 11.6 Å². The molecule has 2 aromatic rings. The van der Waals surface area contributed by atoms with E-state index in [-0.39, 0.29) is 0 Å². The number of nitrogens with zero attached hydrogens (tertiary/aromatic N) is 2. The van der Waals surface area contributed by atoms with Crippen molar-refractivity contribution in [1.29, 1.82) is 0 Å². The first kappa shape index (κ1) is 7.13. The molecular formula is C7H4BrClN2. The standard InChI is InChI=1S/C7H4BrClN2/c8-5-2-1-3-11-4-6(9)10-7(5)11/h1-4H. The third-order valence-electron chi connectivity index (χ3n) is 1.41. The molecule has 2 heterocycles. The molecular weight excluding hydrogens is 227 g/mol. The Morgan fingerprint density at radius 2 is 2.36 bits per heavy atom. The minimum absolute atomic E-state index is 0.511. The fourth-order valence-electron chi connectivity index (χ4n) is 0.949. The second kappa shape index (κ2) is 2.50. The van der Waals surface area contributed by atoms with Crippen molar-refractivity contribution in [1.82, 2.24) is 9.38 Å². The zero-order chi connectivity index (χ0) is 7.84. The topological polar surface area (TPSA) is 17.3 Å². The van der Waals surface area contributed by atoms with Gasteiger partial charge in [0.05, 0.1) is 4.47 Å². The zero-order valence-electron chi connectivity index (χ0n) is 5.46. The van der Waals surface area contributed by atoms with Crippen LogP contribution in [0.3, 0.4) is 0 Å². The summed E-state index contributed by atoms with van der Waals surface area (Å²) in [5.41, 5.74) is 0.845. The monoisotopic (exact) mass is 230 g/mol. The molecule has 0 unspecified atom stereocenters. The molecule has 2 aromatic heterocycles. The number of imidazole rings is 1. The second-order valence-corrected chi connectivity index (χ2v) is 3.39. The fourth-order valence-corrected chi connectivity index (χ4v) is 1.58. The van der Waals surface area contributed by atoms with E-state index in [0.717, 1.165) is 10.1 Å². The van der Waals surface area contributed by atoms with E-state index in [9.17, 15) is 0 Å². The Kier molecular flexibility index (Phi) is 1.62. The Hall–Kier alpha value is -0.540. The van der Waals surface area contributed by atoms with Crippen LogP contribution in [-0.4, -0.2) is 9.38 Å². The lowest BCUT2D eigenvalue weighted by Crippen LogP contribution is -1.80. The normalized spacial score (nSPS) is 10.7. The van der Waals surface area contributed by atoms with Crippen molar-refractivity contribution in [3.8, 4) is 0 Å². The number of hydrogen-bond acceptors (Lipinski definition) is 1. The first-order valence-corrected chi connectivity index (χ1v) is 4.23. The molecule has 0 aliphatic rings. The van der Waals surface area contributed by atoms with Gasteiger partial charge in [-0.25, -0.2) is 4.98 Å². The third kappa shape index (κ3) is 1.14. The minimum atomic E-state index is 0.511. The van der Waals surface area contributed by atoms with Gasteiger partial charge in [-0.15, -0.1) is 0 Å². The van der Waals surface area contributed by atoms with E-state index < -0.39 is 0 Å². The van der Waals surface area contributed by atoms with E-state index in [0.29, 0.717) is 5.15 Å². The molecule has 0 fully saturated rings. The van der Waals surface area contributed by atoms with Gasteiger partial charge in [0, 0.05) is 12.4 Å². The summed E-state index contributed by atoms with van der Waals surface area (Å²) in [6.45, 7) is 0. The van der Waals surface area contributed by atoms with Crippen molar-refractivity contribution >= 4 is 33.2 Å². The van der Waals surface area contributed by atoms with Crippen molar-refractivity contribution in [3.63, 3.8) is 0 Å². The predicted octanol–water partition coefficient (Wildman–Crippen LogP) is 2.75. The molecule has 0 saturated heterocycles. The highest BCUT2D eigenvalue weighted by atomic mass is 79.9. The summed E-state index contributed by atoms with van der Waals surface area (Å²) >= 11 is 9.07. The Labute approximate surface area is 76.9 Å².